The largest absolute Gasteiger partial charge is 0.389 e. The third-order valence-electron chi connectivity index (χ3n) is 3.43. The van der Waals surface area contributed by atoms with Crippen molar-refractivity contribution in [2.75, 3.05) is 6.54 Å². The minimum absolute atomic E-state index is 0.189. The number of carbonyl (C=O) groups excluding carboxylic acids is 2. The molecule has 90 valence electrons. The van der Waals surface area contributed by atoms with Crippen molar-refractivity contribution in [2.45, 2.75) is 50.2 Å². The van der Waals surface area contributed by atoms with Crippen LogP contribution in [0.4, 0.5) is 0 Å². The number of amides is 2. The average molecular weight is 226 g/mol. The van der Waals surface area contributed by atoms with E-state index >= 15 is 0 Å². The second-order valence-corrected chi connectivity index (χ2v) is 4.84. The van der Waals surface area contributed by atoms with Gasteiger partial charge in [0.05, 0.1) is 18.1 Å². The molecule has 16 heavy (non-hydrogen) atoms. The van der Waals surface area contributed by atoms with Gasteiger partial charge in [-0.15, -0.1) is 0 Å². The van der Waals surface area contributed by atoms with E-state index in [4.69, 9.17) is 0 Å². The van der Waals surface area contributed by atoms with E-state index in [-0.39, 0.29) is 18.2 Å². The molecule has 0 spiro atoms. The molecular weight excluding hydrogens is 208 g/mol. The van der Waals surface area contributed by atoms with Crippen molar-refractivity contribution < 1.29 is 14.7 Å². The Labute approximate surface area is 94.6 Å². The zero-order chi connectivity index (χ0) is 11.6. The Bertz CT molecular complexity index is 298. The van der Waals surface area contributed by atoms with Crippen molar-refractivity contribution in [3.05, 3.63) is 0 Å². The Morgan fingerprint density at radius 1 is 1.31 bits per heavy atom. The van der Waals surface area contributed by atoms with Crippen molar-refractivity contribution in [3.8, 4) is 0 Å². The van der Waals surface area contributed by atoms with Crippen molar-refractivity contribution in [3.63, 3.8) is 0 Å². The summed E-state index contributed by atoms with van der Waals surface area (Å²) in [4.78, 5) is 22.2. The zero-order valence-corrected chi connectivity index (χ0v) is 9.29. The number of carbonyl (C=O) groups is 2. The molecule has 0 aromatic carbocycles. The van der Waals surface area contributed by atoms with Crippen LogP contribution in [0, 0.1) is 0 Å². The van der Waals surface area contributed by atoms with Gasteiger partial charge in [0.1, 0.15) is 0 Å². The van der Waals surface area contributed by atoms with E-state index in [1.807, 2.05) is 0 Å². The summed E-state index contributed by atoms with van der Waals surface area (Å²) in [5.41, 5.74) is -0.690. The molecule has 1 atom stereocenters. The molecule has 1 saturated heterocycles. The second kappa shape index (κ2) is 4.51. The van der Waals surface area contributed by atoms with Crippen LogP contribution in [0.5, 0.6) is 0 Å². The Kier molecular flexibility index (Phi) is 3.25. The molecule has 1 saturated carbocycles. The molecule has 5 nitrogen and oxygen atoms in total. The molecule has 0 radical (unpaired) electrons. The molecule has 0 aromatic rings. The van der Waals surface area contributed by atoms with Gasteiger partial charge >= 0.3 is 0 Å². The fraction of sp³-hybridized carbons (Fsp3) is 0.818. The fourth-order valence-corrected chi connectivity index (χ4v) is 2.42. The lowest BCUT2D eigenvalue weighted by Gasteiger charge is -2.32. The van der Waals surface area contributed by atoms with Crippen LogP contribution in [0.1, 0.15) is 38.5 Å². The average Bonchev–Trinajstić information content (AvgIpc) is 2.56. The van der Waals surface area contributed by atoms with Crippen LogP contribution in [0.3, 0.4) is 0 Å². The summed E-state index contributed by atoms with van der Waals surface area (Å²) in [5, 5.41) is 15.4. The highest BCUT2D eigenvalue weighted by molar-refractivity contribution is 6.05. The normalized spacial score (nSPS) is 29.2. The second-order valence-electron chi connectivity index (χ2n) is 4.84. The third kappa shape index (κ3) is 2.59. The maximum atomic E-state index is 11.3. The monoisotopic (exact) mass is 226 g/mol. The van der Waals surface area contributed by atoms with E-state index in [0.717, 1.165) is 25.7 Å². The number of hydrogen-bond acceptors (Lipinski definition) is 4. The molecule has 2 rings (SSSR count). The molecule has 0 bridgehead atoms. The molecule has 0 unspecified atom stereocenters. The van der Waals surface area contributed by atoms with Gasteiger partial charge in [0.15, 0.2) is 0 Å². The molecule has 1 aliphatic carbocycles. The first-order chi connectivity index (χ1) is 7.59. The molecule has 1 aliphatic heterocycles. The van der Waals surface area contributed by atoms with Crippen LogP contribution in [0.25, 0.3) is 0 Å². The van der Waals surface area contributed by atoms with E-state index in [0.29, 0.717) is 6.54 Å². The molecular formula is C11H18N2O3. The van der Waals surface area contributed by atoms with Gasteiger partial charge in [-0.05, 0) is 12.8 Å². The summed E-state index contributed by atoms with van der Waals surface area (Å²) >= 11 is 0. The fourth-order valence-electron chi connectivity index (χ4n) is 2.42. The van der Waals surface area contributed by atoms with Gasteiger partial charge in [0, 0.05) is 6.54 Å². The SMILES string of the molecule is O=C1C[C@H](NCC2(O)CCCCC2)C(=O)N1. The van der Waals surface area contributed by atoms with Crippen LogP contribution >= 0.6 is 0 Å². The van der Waals surface area contributed by atoms with Crippen LogP contribution < -0.4 is 10.6 Å². The first-order valence-electron chi connectivity index (χ1n) is 5.89. The lowest BCUT2D eigenvalue weighted by molar-refractivity contribution is -0.125. The first-order valence-corrected chi connectivity index (χ1v) is 5.89. The summed E-state index contributed by atoms with van der Waals surface area (Å²) in [7, 11) is 0. The van der Waals surface area contributed by atoms with Gasteiger partial charge in [0.25, 0.3) is 0 Å². The van der Waals surface area contributed by atoms with Gasteiger partial charge in [-0.1, -0.05) is 19.3 Å². The summed E-state index contributed by atoms with van der Waals surface area (Å²) < 4.78 is 0. The molecule has 2 aliphatic rings. The van der Waals surface area contributed by atoms with E-state index in [9.17, 15) is 14.7 Å². The van der Waals surface area contributed by atoms with Gasteiger partial charge in [0.2, 0.25) is 11.8 Å². The van der Waals surface area contributed by atoms with Crippen LogP contribution in [-0.2, 0) is 9.59 Å². The van der Waals surface area contributed by atoms with E-state index in [1.54, 1.807) is 0 Å². The quantitative estimate of drug-likeness (QED) is 0.577. The summed E-state index contributed by atoms with van der Waals surface area (Å²) in [6.45, 7) is 0.401. The van der Waals surface area contributed by atoms with Crippen molar-refractivity contribution in [1.29, 1.82) is 0 Å². The Morgan fingerprint density at radius 2 is 2.00 bits per heavy atom. The summed E-state index contributed by atoms with van der Waals surface area (Å²) in [6.07, 6.45) is 4.99. The van der Waals surface area contributed by atoms with Gasteiger partial charge < -0.3 is 10.4 Å². The number of imide groups is 1. The third-order valence-corrected chi connectivity index (χ3v) is 3.43. The van der Waals surface area contributed by atoms with Crippen LogP contribution in [0.15, 0.2) is 0 Å². The molecule has 2 fully saturated rings. The lowest BCUT2D eigenvalue weighted by Crippen LogP contribution is -2.47. The van der Waals surface area contributed by atoms with Gasteiger partial charge in [-0.25, -0.2) is 0 Å². The van der Waals surface area contributed by atoms with E-state index < -0.39 is 11.6 Å². The predicted molar refractivity (Wildman–Crippen MR) is 57.6 cm³/mol. The predicted octanol–water partition coefficient (Wildman–Crippen LogP) is -0.314. The summed E-state index contributed by atoms with van der Waals surface area (Å²) in [5.74, 6) is -0.512. The van der Waals surface area contributed by atoms with Crippen molar-refractivity contribution >= 4 is 11.8 Å². The van der Waals surface area contributed by atoms with Gasteiger partial charge in [-0.2, -0.15) is 0 Å². The van der Waals surface area contributed by atoms with Gasteiger partial charge in [-0.3, -0.25) is 14.9 Å². The molecule has 2 amide bonds. The highest BCUT2D eigenvalue weighted by Crippen LogP contribution is 2.27. The standard InChI is InChI=1S/C11H18N2O3/c14-9-6-8(10(15)13-9)12-7-11(16)4-2-1-3-5-11/h8,12,16H,1-7H2,(H,13,14,15)/t8-/m0/s1. The molecule has 5 heteroatoms. The zero-order valence-electron chi connectivity index (χ0n) is 9.29. The molecule has 3 N–H and O–H groups in total. The topological polar surface area (TPSA) is 78.4 Å². The van der Waals surface area contributed by atoms with Crippen molar-refractivity contribution in [1.82, 2.24) is 10.6 Å². The van der Waals surface area contributed by atoms with Crippen LogP contribution in [0.2, 0.25) is 0 Å². The number of aliphatic hydroxyl groups is 1. The Balaban J connectivity index is 1.82. The highest BCUT2D eigenvalue weighted by atomic mass is 16.3. The minimum Gasteiger partial charge on any atom is -0.389 e. The van der Waals surface area contributed by atoms with Crippen LogP contribution in [-0.4, -0.2) is 35.1 Å². The smallest absolute Gasteiger partial charge is 0.244 e. The molecule has 1 heterocycles. The molecule has 0 aromatic heterocycles. The summed E-state index contributed by atoms with van der Waals surface area (Å²) in [6, 6.07) is -0.460. The number of hydrogen-bond donors (Lipinski definition) is 3. The maximum Gasteiger partial charge on any atom is 0.244 e. The Morgan fingerprint density at radius 3 is 2.56 bits per heavy atom. The number of nitrogens with one attached hydrogen (secondary N) is 2. The first kappa shape index (κ1) is 11.5. The Hall–Kier alpha value is -0.940. The van der Waals surface area contributed by atoms with Crippen molar-refractivity contribution in [2.24, 2.45) is 0 Å². The maximum absolute atomic E-state index is 11.3. The minimum atomic E-state index is -0.690. The lowest BCUT2D eigenvalue weighted by atomic mass is 9.85. The number of rotatable bonds is 3. The van der Waals surface area contributed by atoms with E-state index in [1.165, 1.54) is 6.42 Å². The van der Waals surface area contributed by atoms with E-state index in [2.05, 4.69) is 10.6 Å². The highest BCUT2D eigenvalue weighted by Gasteiger charge is 2.34.